The molecule has 8 rings (SSSR count). The summed E-state index contributed by atoms with van der Waals surface area (Å²) in [5, 5.41) is 10.5. The fourth-order valence-corrected chi connectivity index (χ4v) is 9.30. The number of hydrogen-bond acceptors (Lipinski definition) is 6. The number of fused-ring (bicyclic) bond motifs is 5. The molecule has 8 nitrogen and oxygen atoms in total. The second kappa shape index (κ2) is 11.3. The van der Waals surface area contributed by atoms with Gasteiger partial charge in [-0.05, 0) is 66.8 Å². The molecule has 0 unspecified atom stereocenters. The molecule has 3 aromatic carbocycles. The molecule has 51 heavy (non-hydrogen) atoms. The summed E-state index contributed by atoms with van der Waals surface area (Å²) in [6.45, 7) is 0. The summed E-state index contributed by atoms with van der Waals surface area (Å²) in [5.74, 6) is -21.2. The van der Waals surface area contributed by atoms with Crippen LogP contribution in [-0.2, 0) is 25.6 Å². The number of ether oxygens (including phenoxy) is 1. The van der Waals surface area contributed by atoms with Crippen molar-refractivity contribution in [3.05, 3.63) is 106 Å². The zero-order valence-electron chi connectivity index (χ0n) is 25.5. The lowest BCUT2D eigenvalue weighted by atomic mass is 9.56. The monoisotopic (exact) mass is 764 g/mol. The molecule has 3 aliphatic heterocycles. The number of carbonyl (C=O) groups excluding carboxylic acids is 4. The van der Waals surface area contributed by atoms with Crippen LogP contribution >= 0.6 is 34.8 Å². The van der Waals surface area contributed by atoms with Crippen molar-refractivity contribution in [1.82, 2.24) is 0 Å². The Balaban J connectivity index is 1.31. The topological polar surface area (TPSA) is 104 Å². The Bertz CT molecular complexity index is 2190. The summed E-state index contributed by atoms with van der Waals surface area (Å²) in [6, 6.07) is 10.1. The van der Waals surface area contributed by atoms with E-state index in [1.54, 1.807) is 6.08 Å². The Kier molecular flexibility index (Phi) is 7.44. The average Bonchev–Trinajstić information content (AvgIpc) is 3.44. The van der Waals surface area contributed by atoms with Gasteiger partial charge in [0.1, 0.15) is 17.2 Å². The number of alkyl halides is 2. The van der Waals surface area contributed by atoms with Crippen LogP contribution in [-0.4, -0.2) is 38.5 Å². The predicted molar refractivity (Wildman–Crippen MR) is 172 cm³/mol. The van der Waals surface area contributed by atoms with Gasteiger partial charge in [0.05, 0.1) is 23.8 Å². The highest BCUT2D eigenvalue weighted by molar-refractivity contribution is 6.58. The van der Waals surface area contributed by atoms with Gasteiger partial charge in [0, 0.05) is 22.9 Å². The van der Waals surface area contributed by atoms with Gasteiger partial charge in [-0.25, -0.2) is 26.9 Å². The maximum atomic E-state index is 15.3. The van der Waals surface area contributed by atoms with E-state index in [9.17, 15) is 37.5 Å². The molecule has 2 saturated heterocycles. The number of benzene rings is 3. The van der Waals surface area contributed by atoms with Crippen LogP contribution in [0.4, 0.5) is 33.3 Å². The Hall–Kier alpha value is -4.46. The maximum Gasteiger partial charge on any atom is 0.258 e. The van der Waals surface area contributed by atoms with Gasteiger partial charge in [0.15, 0.2) is 33.0 Å². The molecule has 4 amide bonds. The Labute approximate surface area is 299 Å². The predicted octanol–water partition coefficient (Wildman–Crippen LogP) is 6.86. The van der Waals surface area contributed by atoms with Gasteiger partial charge in [-0.1, -0.05) is 23.3 Å². The summed E-state index contributed by atoms with van der Waals surface area (Å²) in [6.07, 6.45) is 2.06. The molecule has 1 saturated carbocycles. The number of nitrogens with zero attached hydrogens (tertiary/aromatic N) is 2. The molecule has 3 heterocycles. The molecule has 3 aromatic rings. The number of phenols is 1. The van der Waals surface area contributed by atoms with Gasteiger partial charge in [-0.2, -0.15) is 0 Å². The number of imide groups is 2. The number of hydrogen-bond donors (Lipinski definition) is 1. The highest BCUT2D eigenvalue weighted by Crippen LogP contribution is 2.65. The normalized spacial score (nSPS) is 29.6. The van der Waals surface area contributed by atoms with Crippen LogP contribution in [0.5, 0.6) is 11.5 Å². The molecular formula is C35H20Cl3F5N2O6. The van der Waals surface area contributed by atoms with E-state index in [1.807, 2.05) is 0 Å². The lowest BCUT2D eigenvalue weighted by Crippen LogP contribution is -2.61. The lowest BCUT2D eigenvalue weighted by Gasteiger charge is -2.51. The molecule has 0 spiro atoms. The van der Waals surface area contributed by atoms with Gasteiger partial charge in [-0.3, -0.25) is 24.1 Å². The zero-order chi connectivity index (χ0) is 36.5. The number of amides is 4. The van der Waals surface area contributed by atoms with E-state index in [4.69, 9.17) is 39.5 Å². The average molecular weight is 766 g/mol. The molecule has 0 aromatic heterocycles. The Morgan fingerprint density at radius 1 is 0.804 bits per heavy atom. The fourth-order valence-electron chi connectivity index (χ4n) is 8.22. The molecule has 262 valence electrons. The van der Waals surface area contributed by atoms with Crippen molar-refractivity contribution in [3.63, 3.8) is 0 Å². The Morgan fingerprint density at radius 3 is 2.12 bits per heavy atom. The first-order chi connectivity index (χ1) is 24.1. The minimum absolute atomic E-state index is 0.0288. The van der Waals surface area contributed by atoms with Crippen LogP contribution in [0.15, 0.2) is 65.9 Å². The van der Waals surface area contributed by atoms with E-state index in [0.29, 0.717) is 16.3 Å². The molecule has 5 aliphatic rings. The van der Waals surface area contributed by atoms with Crippen LogP contribution < -0.4 is 14.5 Å². The fraction of sp³-hybridized carbons (Fsp3) is 0.257. The van der Waals surface area contributed by atoms with Crippen molar-refractivity contribution in [1.29, 1.82) is 0 Å². The molecular weight excluding hydrogens is 746 g/mol. The van der Waals surface area contributed by atoms with E-state index in [-0.39, 0.29) is 40.3 Å². The summed E-state index contributed by atoms with van der Waals surface area (Å²) in [4.78, 5) is 52.2. The summed E-state index contributed by atoms with van der Waals surface area (Å²) in [7, 11) is 0. The van der Waals surface area contributed by atoms with Crippen molar-refractivity contribution in [2.75, 3.05) is 9.80 Å². The van der Waals surface area contributed by atoms with Crippen LogP contribution in [0.2, 0.25) is 5.02 Å². The number of halogens is 8. The van der Waals surface area contributed by atoms with Gasteiger partial charge >= 0.3 is 0 Å². The van der Waals surface area contributed by atoms with Crippen LogP contribution in [0, 0.1) is 52.8 Å². The third-order valence-corrected chi connectivity index (χ3v) is 12.1. The molecule has 3 fully saturated rings. The van der Waals surface area contributed by atoms with Crippen molar-refractivity contribution in [2.45, 2.75) is 29.0 Å². The van der Waals surface area contributed by atoms with E-state index in [1.165, 1.54) is 48.7 Å². The highest BCUT2D eigenvalue weighted by Gasteiger charge is 2.77. The molecule has 1 N–H and O–H groups in total. The van der Waals surface area contributed by atoms with Crippen LogP contribution in [0.1, 0.15) is 18.4 Å². The number of phenolic OH excluding ortho intramolecular Hbond substituents is 1. The number of allylic oxidation sites excluding steroid dienone is 3. The maximum absolute atomic E-state index is 15.3. The van der Waals surface area contributed by atoms with Crippen molar-refractivity contribution < 1.29 is 51.0 Å². The Morgan fingerprint density at radius 2 is 1.45 bits per heavy atom. The molecule has 6 atom stereocenters. The third kappa shape index (κ3) is 4.37. The first-order valence-electron chi connectivity index (χ1n) is 15.4. The first kappa shape index (κ1) is 33.7. The van der Waals surface area contributed by atoms with E-state index in [0.717, 1.165) is 4.90 Å². The minimum Gasteiger partial charge on any atom is -0.508 e. The first-order valence-corrected chi connectivity index (χ1v) is 16.5. The van der Waals surface area contributed by atoms with Gasteiger partial charge in [0.2, 0.25) is 17.6 Å². The number of rotatable bonds is 3. The van der Waals surface area contributed by atoms with Crippen LogP contribution in [0.25, 0.3) is 0 Å². The number of anilines is 2. The second-order valence-electron chi connectivity index (χ2n) is 13.0. The van der Waals surface area contributed by atoms with E-state index < -0.39 is 98.2 Å². The number of aromatic hydroxyl groups is 1. The smallest absolute Gasteiger partial charge is 0.258 e. The van der Waals surface area contributed by atoms with Crippen molar-refractivity contribution in [3.8, 4) is 11.5 Å². The second-order valence-corrected chi connectivity index (χ2v) is 14.6. The summed E-state index contributed by atoms with van der Waals surface area (Å²) in [5.41, 5.74) is -0.794. The van der Waals surface area contributed by atoms with Gasteiger partial charge in [-0.15, -0.1) is 23.2 Å². The number of carbonyl (C=O) groups is 4. The summed E-state index contributed by atoms with van der Waals surface area (Å²) >= 11 is 20.4. The summed E-state index contributed by atoms with van der Waals surface area (Å²) < 4.78 is 79.3. The standard InChI is InChI=1S/C35H20Cl3F5N2O6/c36-15-1-3-16(4-2-15)44-30(47)19-7-6-18-20(22(19)31(44)48)11-34(37)32(49)45(29-27(42)25(40)24(39)26(41)28(29)43)33(50)35(34,38)23(18)14-9-13-10-17(46)5-8-21(13)51-12-14/h1-6,8,10,12,19-20,22-23,46H,7,9,11H2/t19-,20+,22-,23-,34+,35-/m0/s1. The zero-order valence-corrected chi connectivity index (χ0v) is 27.8. The van der Waals surface area contributed by atoms with Gasteiger partial charge < -0.3 is 9.84 Å². The van der Waals surface area contributed by atoms with Crippen molar-refractivity contribution >= 4 is 69.8 Å². The van der Waals surface area contributed by atoms with Crippen molar-refractivity contribution in [2.24, 2.45) is 23.7 Å². The quantitative estimate of drug-likeness (QED) is 0.0781. The lowest BCUT2D eigenvalue weighted by molar-refractivity contribution is -0.125. The highest BCUT2D eigenvalue weighted by atomic mass is 35.5. The molecule has 0 radical (unpaired) electrons. The SMILES string of the molecule is O=C1[C@H]2[C@H](CC=C3[C@H](C4=COc5ccc(O)cc5C4)[C@]4(Cl)C(=O)N(c5c(F)c(F)c(F)c(F)c5F)C(=O)[C@]4(Cl)C[C@H]32)C(=O)N1c1ccc(Cl)cc1. The molecule has 0 bridgehead atoms. The minimum atomic E-state index is -2.69. The molecule has 2 aliphatic carbocycles. The van der Waals surface area contributed by atoms with Crippen LogP contribution in [0.3, 0.4) is 0 Å². The molecule has 16 heteroatoms. The third-order valence-electron chi connectivity index (χ3n) is 10.5. The van der Waals surface area contributed by atoms with E-state index in [2.05, 4.69) is 0 Å². The largest absolute Gasteiger partial charge is 0.508 e. The van der Waals surface area contributed by atoms with E-state index >= 15 is 8.78 Å². The van der Waals surface area contributed by atoms with Gasteiger partial charge in [0.25, 0.3) is 11.8 Å².